The zero-order valence-electron chi connectivity index (χ0n) is 11.0. The van der Waals surface area contributed by atoms with E-state index in [2.05, 4.69) is 30.4 Å². The van der Waals surface area contributed by atoms with Gasteiger partial charge in [0.25, 0.3) is 0 Å². The van der Waals surface area contributed by atoms with Crippen LogP contribution in [-0.4, -0.2) is 31.8 Å². The molecule has 1 aliphatic rings. The quantitative estimate of drug-likeness (QED) is 0.905. The van der Waals surface area contributed by atoms with Crippen LogP contribution in [0.25, 0.3) is 0 Å². The monoisotopic (exact) mass is 264 g/mol. The van der Waals surface area contributed by atoms with Gasteiger partial charge < -0.3 is 10.2 Å². The van der Waals surface area contributed by atoms with Gasteiger partial charge in [0.1, 0.15) is 0 Å². The van der Waals surface area contributed by atoms with Gasteiger partial charge in [-0.2, -0.15) is 0 Å². The molecule has 0 saturated heterocycles. The second-order valence-corrected chi connectivity index (χ2v) is 5.50. The van der Waals surface area contributed by atoms with Gasteiger partial charge >= 0.3 is 0 Å². The van der Waals surface area contributed by atoms with E-state index in [0.717, 1.165) is 31.0 Å². The van der Waals surface area contributed by atoms with Gasteiger partial charge in [0.05, 0.1) is 5.69 Å². The number of nitrogens with one attached hydrogen (secondary N) is 1. The number of rotatable bonds is 4. The van der Waals surface area contributed by atoms with E-state index in [4.69, 9.17) is 0 Å². The minimum Gasteiger partial charge on any atom is -0.319 e. The van der Waals surface area contributed by atoms with Crippen molar-refractivity contribution in [1.82, 2.24) is 5.32 Å². The highest BCUT2D eigenvalue weighted by molar-refractivity contribution is 7.99. The highest BCUT2D eigenvalue weighted by atomic mass is 32.2. The summed E-state index contributed by atoms with van der Waals surface area (Å²) in [5.74, 6) is 1.22. The summed E-state index contributed by atoms with van der Waals surface area (Å²) in [5, 5.41) is 3.04. The van der Waals surface area contributed by atoms with Crippen molar-refractivity contribution in [2.24, 2.45) is 0 Å². The van der Waals surface area contributed by atoms with E-state index >= 15 is 0 Å². The van der Waals surface area contributed by atoms with Crippen LogP contribution in [0.15, 0.2) is 23.1 Å². The standard InChI is InChI=1S/C14H20N2OS/c1-3-11-5-4-6-12-14(11)16(9-10-18-12)13(17)7-8-15-2/h4-6,15H,3,7-10H2,1-2H3. The Morgan fingerprint density at radius 2 is 2.33 bits per heavy atom. The third-order valence-corrected chi connectivity index (χ3v) is 4.22. The summed E-state index contributed by atoms with van der Waals surface area (Å²) in [6.45, 7) is 3.72. The molecule has 0 saturated carbocycles. The predicted molar refractivity (Wildman–Crippen MR) is 77.4 cm³/mol. The number of anilines is 1. The number of nitrogens with zero attached hydrogens (tertiary/aromatic N) is 1. The summed E-state index contributed by atoms with van der Waals surface area (Å²) in [6.07, 6.45) is 1.54. The Hall–Kier alpha value is -1.000. The van der Waals surface area contributed by atoms with Gasteiger partial charge in [0.15, 0.2) is 0 Å². The van der Waals surface area contributed by atoms with E-state index in [9.17, 15) is 4.79 Å². The summed E-state index contributed by atoms with van der Waals surface area (Å²) in [6, 6.07) is 6.34. The van der Waals surface area contributed by atoms with Crippen molar-refractivity contribution in [3.05, 3.63) is 23.8 Å². The van der Waals surface area contributed by atoms with Crippen molar-refractivity contribution in [2.45, 2.75) is 24.7 Å². The highest BCUT2D eigenvalue weighted by Crippen LogP contribution is 2.37. The first-order valence-electron chi connectivity index (χ1n) is 6.47. The number of carbonyl (C=O) groups excluding carboxylic acids is 1. The molecular weight excluding hydrogens is 244 g/mol. The Labute approximate surface area is 113 Å². The van der Waals surface area contributed by atoms with Gasteiger partial charge in [-0.3, -0.25) is 4.79 Å². The first kappa shape index (κ1) is 13.4. The van der Waals surface area contributed by atoms with Crippen LogP contribution in [0.1, 0.15) is 18.9 Å². The second kappa shape index (κ2) is 6.25. The fraction of sp³-hybridized carbons (Fsp3) is 0.500. The Morgan fingerprint density at radius 3 is 3.06 bits per heavy atom. The molecule has 0 unspecified atom stereocenters. The second-order valence-electron chi connectivity index (χ2n) is 4.36. The number of hydrogen-bond acceptors (Lipinski definition) is 3. The summed E-state index contributed by atoms with van der Waals surface area (Å²) in [5.41, 5.74) is 2.43. The molecule has 0 radical (unpaired) electrons. The number of amides is 1. The molecular formula is C14H20N2OS. The van der Waals surface area contributed by atoms with Crippen LogP contribution in [0.5, 0.6) is 0 Å². The molecule has 0 aliphatic carbocycles. The minimum atomic E-state index is 0.229. The van der Waals surface area contributed by atoms with Crippen molar-refractivity contribution in [1.29, 1.82) is 0 Å². The Kier molecular flexibility index (Phi) is 4.66. The Morgan fingerprint density at radius 1 is 1.50 bits per heavy atom. The van der Waals surface area contributed by atoms with Crippen LogP contribution in [0, 0.1) is 0 Å². The van der Waals surface area contributed by atoms with Crippen LogP contribution in [-0.2, 0) is 11.2 Å². The maximum Gasteiger partial charge on any atom is 0.228 e. The normalized spacial score (nSPS) is 14.4. The summed E-state index contributed by atoms with van der Waals surface area (Å²) in [7, 11) is 1.88. The van der Waals surface area contributed by atoms with Gasteiger partial charge in [-0.15, -0.1) is 11.8 Å². The molecule has 1 N–H and O–H groups in total. The van der Waals surface area contributed by atoms with E-state index in [1.807, 2.05) is 23.7 Å². The molecule has 2 rings (SSSR count). The largest absolute Gasteiger partial charge is 0.319 e. The number of benzene rings is 1. The average Bonchev–Trinajstić information content (AvgIpc) is 2.43. The van der Waals surface area contributed by atoms with Gasteiger partial charge in [-0.05, 0) is 25.1 Å². The molecule has 0 spiro atoms. The molecule has 1 amide bonds. The van der Waals surface area contributed by atoms with Gasteiger partial charge in [0.2, 0.25) is 5.91 Å². The number of aryl methyl sites for hydroxylation is 1. The first-order chi connectivity index (χ1) is 8.77. The minimum absolute atomic E-state index is 0.229. The Bertz CT molecular complexity index is 420. The van der Waals surface area contributed by atoms with Crippen molar-refractivity contribution in [3.8, 4) is 0 Å². The van der Waals surface area contributed by atoms with E-state index in [0.29, 0.717) is 6.42 Å². The lowest BCUT2D eigenvalue weighted by Gasteiger charge is -2.31. The van der Waals surface area contributed by atoms with Crippen LogP contribution >= 0.6 is 11.8 Å². The van der Waals surface area contributed by atoms with Crippen molar-refractivity contribution in [2.75, 3.05) is 30.8 Å². The Balaban J connectivity index is 2.28. The summed E-state index contributed by atoms with van der Waals surface area (Å²) in [4.78, 5) is 15.5. The molecule has 1 aliphatic heterocycles. The van der Waals surface area contributed by atoms with Crippen LogP contribution in [0.2, 0.25) is 0 Å². The van der Waals surface area contributed by atoms with E-state index in [1.54, 1.807) is 0 Å². The molecule has 0 aromatic heterocycles. The highest BCUT2D eigenvalue weighted by Gasteiger charge is 2.24. The molecule has 0 atom stereocenters. The maximum atomic E-state index is 12.3. The number of fused-ring (bicyclic) bond motifs is 1. The topological polar surface area (TPSA) is 32.3 Å². The van der Waals surface area contributed by atoms with Crippen LogP contribution in [0.3, 0.4) is 0 Å². The molecule has 98 valence electrons. The van der Waals surface area contributed by atoms with Gasteiger partial charge in [-0.25, -0.2) is 0 Å². The lowest BCUT2D eigenvalue weighted by Crippen LogP contribution is -2.37. The summed E-state index contributed by atoms with van der Waals surface area (Å²) < 4.78 is 0. The lowest BCUT2D eigenvalue weighted by molar-refractivity contribution is -0.118. The molecule has 18 heavy (non-hydrogen) atoms. The molecule has 0 bridgehead atoms. The fourth-order valence-corrected chi connectivity index (χ4v) is 3.30. The third kappa shape index (κ3) is 2.70. The molecule has 1 aromatic carbocycles. The first-order valence-corrected chi connectivity index (χ1v) is 7.46. The van der Waals surface area contributed by atoms with E-state index < -0.39 is 0 Å². The molecule has 1 heterocycles. The van der Waals surface area contributed by atoms with E-state index in [1.165, 1.54) is 10.5 Å². The van der Waals surface area contributed by atoms with Crippen molar-refractivity contribution >= 4 is 23.4 Å². The van der Waals surface area contributed by atoms with E-state index in [-0.39, 0.29) is 5.91 Å². The lowest BCUT2D eigenvalue weighted by atomic mass is 10.1. The summed E-state index contributed by atoms with van der Waals surface area (Å²) >= 11 is 1.85. The molecule has 0 fully saturated rings. The number of hydrogen-bond donors (Lipinski definition) is 1. The maximum absolute atomic E-state index is 12.3. The third-order valence-electron chi connectivity index (χ3n) is 3.20. The number of thioether (sulfide) groups is 1. The van der Waals surface area contributed by atoms with Crippen LogP contribution < -0.4 is 10.2 Å². The van der Waals surface area contributed by atoms with Gasteiger partial charge in [0, 0.05) is 30.2 Å². The fourth-order valence-electron chi connectivity index (χ4n) is 2.25. The van der Waals surface area contributed by atoms with Gasteiger partial charge in [-0.1, -0.05) is 19.1 Å². The predicted octanol–water partition coefficient (Wildman–Crippen LogP) is 2.30. The SMILES string of the molecule is CCc1cccc2c1N(C(=O)CCNC)CCS2. The smallest absolute Gasteiger partial charge is 0.228 e. The van der Waals surface area contributed by atoms with Crippen molar-refractivity contribution < 1.29 is 4.79 Å². The zero-order valence-corrected chi connectivity index (χ0v) is 11.8. The zero-order chi connectivity index (χ0) is 13.0. The van der Waals surface area contributed by atoms with Crippen LogP contribution in [0.4, 0.5) is 5.69 Å². The molecule has 3 nitrogen and oxygen atoms in total. The molecule has 4 heteroatoms. The van der Waals surface area contributed by atoms with Crippen molar-refractivity contribution in [3.63, 3.8) is 0 Å². The molecule has 1 aromatic rings. The number of para-hydroxylation sites is 1. The number of carbonyl (C=O) groups is 1. The average molecular weight is 264 g/mol.